The topological polar surface area (TPSA) is 82.8 Å². The van der Waals surface area contributed by atoms with Crippen LogP contribution < -0.4 is 14.2 Å². The number of carboxylic acids is 1. The van der Waals surface area contributed by atoms with E-state index >= 15 is 0 Å². The van der Waals surface area contributed by atoms with Crippen molar-refractivity contribution in [2.75, 3.05) is 14.2 Å². The van der Waals surface area contributed by atoms with E-state index in [-0.39, 0.29) is 13.0 Å². The lowest BCUT2D eigenvalue weighted by Crippen LogP contribution is -2.06. The first-order valence-corrected chi connectivity index (χ1v) is 13.9. The average molecular weight is 583 g/mol. The van der Waals surface area contributed by atoms with Crippen LogP contribution in [-0.2, 0) is 30.8 Å². The van der Waals surface area contributed by atoms with Crippen LogP contribution in [0, 0.1) is 0 Å². The van der Waals surface area contributed by atoms with E-state index in [0.717, 1.165) is 23.2 Å². The van der Waals surface area contributed by atoms with Gasteiger partial charge in [0.2, 0.25) is 0 Å². The third kappa shape index (κ3) is 6.75. The van der Waals surface area contributed by atoms with Gasteiger partial charge >= 0.3 is 5.97 Å². The van der Waals surface area contributed by atoms with Gasteiger partial charge in [-0.2, -0.15) is 5.10 Å². The lowest BCUT2D eigenvalue weighted by atomic mass is 10.0. The average Bonchev–Trinajstić information content (AvgIpc) is 3.43. The van der Waals surface area contributed by atoms with Crippen molar-refractivity contribution in [3.8, 4) is 39.8 Å². The highest BCUT2D eigenvalue weighted by atomic mass is 35.5. The van der Waals surface area contributed by atoms with Gasteiger partial charge in [0.25, 0.3) is 0 Å². The molecule has 1 heterocycles. The summed E-state index contributed by atoms with van der Waals surface area (Å²) in [6.07, 6.45) is 0.644. The maximum Gasteiger partial charge on any atom is 0.307 e. The van der Waals surface area contributed by atoms with E-state index < -0.39 is 5.97 Å². The molecule has 0 spiro atoms. The monoisotopic (exact) mass is 582 g/mol. The molecule has 0 aliphatic carbocycles. The molecule has 0 unspecified atom stereocenters. The molecule has 1 N–H and O–H groups in total. The Labute approximate surface area is 249 Å². The van der Waals surface area contributed by atoms with Crippen LogP contribution in [0.2, 0.25) is 5.02 Å². The summed E-state index contributed by atoms with van der Waals surface area (Å²) in [5.41, 5.74) is 5.75. The van der Waals surface area contributed by atoms with Crippen molar-refractivity contribution >= 4 is 17.6 Å². The van der Waals surface area contributed by atoms with Crippen molar-refractivity contribution in [1.29, 1.82) is 0 Å². The molecule has 0 aliphatic heterocycles. The molecule has 0 amide bonds. The van der Waals surface area contributed by atoms with E-state index in [1.807, 2.05) is 77.5 Å². The number of hydrogen-bond acceptors (Lipinski definition) is 5. The summed E-state index contributed by atoms with van der Waals surface area (Å²) in [5, 5.41) is 15.1. The van der Waals surface area contributed by atoms with E-state index in [0.29, 0.717) is 45.6 Å². The fourth-order valence-corrected chi connectivity index (χ4v) is 5.09. The lowest BCUT2D eigenvalue weighted by molar-refractivity contribution is -0.136. The zero-order chi connectivity index (χ0) is 29.5. The number of aromatic nitrogens is 2. The van der Waals surface area contributed by atoms with Crippen LogP contribution in [0.3, 0.4) is 0 Å². The number of rotatable bonds is 12. The van der Waals surface area contributed by atoms with Gasteiger partial charge in [-0.15, -0.1) is 0 Å². The highest BCUT2D eigenvalue weighted by Crippen LogP contribution is 2.40. The number of aryl methyl sites for hydroxylation is 2. The van der Waals surface area contributed by atoms with Crippen LogP contribution in [0.1, 0.15) is 16.7 Å². The Morgan fingerprint density at radius 1 is 0.810 bits per heavy atom. The van der Waals surface area contributed by atoms with Gasteiger partial charge < -0.3 is 19.3 Å². The van der Waals surface area contributed by atoms with Crippen LogP contribution in [0.25, 0.3) is 22.5 Å². The minimum absolute atomic E-state index is 0.118. The zero-order valence-electron chi connectivity index (χ0n) is 23.4. The van der Waals surface area contributed by atoms with Crippen LogP contribution in [0.15, 0.2) is 97.1 Å². The normalized spacial score (nSPS) is 10.8. The predicted octanol–water partition coefficient (Wildman–Crippen LogP) is 7.34. The summed E-state index contributed by atoms with van der Waals surface area (Å²) in [6.45, 7) is 0.893. The molecule has 5 aromatic rings. The van der Waals surface area contributed by atoms with Crippen molar-refractivity contribution in [1.82, 2.24) is 9.78 Å². The first-order chi connectivity index (χ1) is 20.4. The van der Waals surface area contributed by atoms with Crippen LogP contribution >= 0.6 is 11.6 Å². The highest BCUT2D eigenvalue weighted by molar-refractivity contribution is 6.30. The quantitative estimate of drug-likeness (QED) is 0.166. The maximum atomic E-state index is 11.5. The minimum Gasteiger partial charge on any atom is -0.493 e. The molecule has 0 atom stereocenters. The highest BCUT2D eigenvalue weighted by Gasteiger charge is 2.20. The van der Waals surface area contributed by atoms with Gasteiger partial charge in [-0.3, -0.25) is 9.48 Å². The van der Waals surface area contributed by atoms with Gasteiger partial charge in [0.1, 0.15) is 12.4 Å². The molecule has 0 saturated heterocycles. The van der Waals surface area contributed by atoms with Gasteiger partial charge in [0, 0.05) is 22.7 Å². The van der Waals surface area contributed by atoms with E-state index in [2.05, 4.69) is 12.1 Å². The van der Waals surface area contributed by atoms with Crippen molar-refractivity contribution in [3.05, 3.63) is 119 Å². The van der Waals surface area contributed by atoms with E-state index in [9.17, 15) is 9.90 Å². The largest absolute Gasteiger partial charge is 0.493 e. The molecule has 0 fully saturated rings. The van der Waals surface area contributed by atoms with Crippen molar-refractivity contribution in [2.45, 2.75) is 26.0 Å². The van der Waals surface area contributed by atoms with Gasteiger partial charge in [-0.05, 0) is 65.6 Å². The molecule has 214 valence electrons. The summed E-state index contributed by atoms with van der Waals surface area (Å²) in [6, 6.07) is 30.8. The Hall–Kier alpha value is -4.75. The van der Waals surface area contributed by atoms with Crippen molar-refractivity contribution in [2.24, 2.45) is 0 Å². The predicted molar refractivity (Wildman–Crippen MR) is 163 cm³/mol. The smallest absolute Gasteiger partial charge is 0.307 e. The van der Waals surface area contributed by atoms with Crippen LogP contribution in [0.4, 0.5) is 0 Å². The molecule has 5 rings (SSSR count). The minimum atomic E-state index is -0.913. The molecule has 42 heavy (non-hydrogen) atoms. The van der Waals surface area contributed by atoms with Crippen LogP contribution in [0.5, 0.6) is 17.2 Å². The molecular weight excluding hydrogens is 552 g/mol. The number of methoxy groups -OCH3 is 2. The number of aliphatic carboxylic acids is 1. The standard InChI is InChI=1S/C34H31ClN2O5/c1-40-32-13-7-12-27(34(32)41-2)30-21-29(36-37(30)17-16-23-8-4-3-5-9-23)28-19-24(20-33(38)39)14-15-31(28)42-22-25-10-6-11-26(35)18-25/h3-15,18-19,21H,16-17,20,22H2,1-2H3,(H,38,39). The number of carboxylic acid groups (broad SMARTS) is 1. The molecule has 0 bridgehead atoms. The molecule has 7 nitrogen and oxygen atoms in total. The number of nitrogens with zero attached hydrogens (tertiary/aromatic N) is 2. The van der Waals surface area contributed by atoms with Crippen LogP contribution in [-0.4, -0.2) is 35.1 Å². The number of carbonyl (C=O) groups is 1. The molecule has 0 aliphatic rings. The maximum absolute atomic E-state index is 11.5. The summed E-state index contributed by atoms with van der Waals surface area (Å²) in [7, 11) is 3.22. The molecule has 4 aromatic carbocycles. The Morgan fingerprint density at radius 3 is 2.33 bits per heavy atom. The first-order valence-electron chi connectivity index (χ1n) is 13.5. The molecule has 1 aromatic heterocycles. The Morgan fingerprint density at radius 2 is 1.60 bits per heavy atom. The molecule has 0 radical (unpaired) electrons. The number of halogens is 1. The fraction of sp³-hybridized carbons (Fsp3) is 0.176. The van der Waals surface area contributed by atoms with Crippen molar-refractivity contribution < 1.29 is 24.1 Å². The Bertz CT molecular complexity index is 1680. The van der Waals surface area contributed by atoms with E-state index in [4.69, 9.17) is 30.9 Å². The zero-order valence-corrected chi connectivity index (χ0v) is 24.2. The Balaban J connectivity index is 1.60. The van der Waals surface area contributed by atoms with Gasteiger partial charge in [-0.25, -0.2) is 0 Å². The third-order valence-electron chi connectivity index (χ3n) is 6.87. The van der Waals surface area contributed by atoms with Gasteiger partial charge in [0.15, 0.2) is 11.5 Å². The lowest BCUT2D eigenvalue weighted by Gasteiger charge is -2.14. The van der Waals surface area contributed by atoms with Gasteiger partial charge in [0.05, 0.1) is 32.0 Å². The Kier molecular flexibility index (Phi) is 9.09. The van der Waals surface area contributed by atoms with Gasteiger partial charge in [-0.1, -0.05) is 66.2 Å². The first kappa shape index (κ1) is 28.8. The molecule has 8 heteroatoms. The second-order valence-electron chi connectivity index (χ2n) is 9.73. The van der Waals surface area contributed by atoms with E-state index in [1.54, 1.807) is 26.4 Å². The molecular formula is C34H31ClN2O5. The second kappa shape index (κ2) is 13.3. The SMILES string of the molecule is COc1cccc(-c2cc(-c3cc(CC(=O)O)ccc3OCc3cccc(Cl)c3)nn2CCc2ccccc2)c1OC. The second-order valence-corrected chi connectivity index (χ2v) is 10.2. The summed E-state index contributed by atoms with van der Waals surface area (Å²) in [4.78, 5) is 11.5. The summed E-state index contributed by atoms with van der Waals surface area (Å²) < 4.78 is 19.6. The fourth-order valence-electron chi connectivity index (χ4n) is 4.88. The van der Waals surface area contributed by atoms with E-state index in [1.165, 1.54) is 5.56 Å². The number of para-hydroxylation sites is 1. The summed E-state index contributed by atoms with van der Waals surface area (Å²) >= 11 is 6.18. The molecule has 0 saturated carbocycles. The number of benzene rings is 4. The van der Waals surface area contributed by atoms with Crippen molar-refractivity contribution in [3.63, 3.8) is 0 Å². The number of hydrogen-bond donors (Lipinski definition) is 1. The third-order valence-corrected chi connectivity index (χ3v) is 7.11. The number of ether oxygens (including phenoxy) is 3. The summed E-state index contributed by atoms with van der Waals surface area (Å²) in [5.74, 6) is 0.885.